The van der Waals surface area contributed by atoms with Crippen LogP contribution < -0.4 is 0 Å². The van der Waals surface area contributed by atoms with Crippen molar-refractivity contribution in [2.45, 2.75) is 72.1 Å². The number of nitrogens with zero attached hydrogens (tertiary/aromatic N) is 4. The van der Waals surface area contributed by atoms with Crippen LogP contribution in [-0.4, -0.2) is 73.7 Å². The molecule has 1 saturated carbocycles. The van der Waals surface area contributed by atoms with Crippen LogP contribution >= 0.6 is 0 Å². The number of aromatic nitrogens is 2. The predicted molar refractivity (Wildman–Crippen MR) is 136 cm³/mol. The molecule has 2 heterocycles. The Hall–Kier alpha value is -3.10. The van der Waals surface area contributed by atoms with Gasteiger partial charge in [0.2, 0.25) is 0 Å². The molecule has 0 bridgehead atoms. The van der Waals surface area contributed by atoms with Gasteiger partial charge in [-0.15, -0.1) is 0 Å². The number of benzene rings is 1. The molecule has 0 spiro atoms. The summed E-state index contributed by atoms with van der Waals surface area (Å²) in [7, 11) is 0. The Kier molecular flexibility index (Phi) is 7.29. The van der Waals surface area contributed by atoms with E-state index in [9.17, 15) is 19.5 Å². The Balaban J connectivity index is 1.68. The largest absolute Gasteiger partial charge is 0.481 e. The maximum atomic E-state index is 14.1. The summed E-state index contributed by atoms with van der Waals surface area (Å²) in [6.45, 7) is 10.8. The van der Waals surface area contributed by atoms with Gasteiger partial charge in [-0.25, -0.2) is 9.78 Å². The van der Waals surface area contributed by atoms with Gasteiger partial charge in [0.05, 0.1) is 23.0 Å². The summed E-state index contributed by atoms with van der Waals surface area (Å²) in [5, 5.41) is 9.85. The third kappa shape index (κ3) is 5.99. The molecule has 1 aliphatic heterocycles. The van der Waals surface area contributed by atoms with Gasteiger partial charge in [-0.2, -0.15) is 0 Å². The summed E-state index contributed by atoms with van der Waals surface area (Å²) < 4.78 is 7.56. The van der Waals surface area contributed by atoms with Gasteiger partial charge in [0, 0.05) is 26.2 Å². The molecule has 1 aliphatic carbocycles. The lowest BCUT2D eigenvalue weighted by Gasteiger charge is -2.42. The van der Waals surface area contributed by atoms with Crippen molar-refractivity contribution < 1.29 is 24.2 Å². The van der Waals surface area contributed by atoms with E-state index in [2.05, 4.69) is 0 Å². The van der Waals surface area contributed by atoms with Crippen molar-refractivity contribution >= 4 is 29.0 Å². The first kappa shape index (κ1) is 26.0. The van der Waals surface area contributed by atoms with Gasteiger partial charge in [-0.05, 0) is 64.0 Å². The quantitative estimate of drug-likeness (QED) is 0.612. The molecule has 1 saturated heterocycles. The molecule has 9 nitrogen and oxygen atoms in total. The summed E-state index contributed by atoms with van der Waals surface area (Å²) in [5.41, 5.74) is 0.997. The maximum absolute atomic E-state index is 14.1. The molecule has 4 rings (SSSR count). The van der Waals surface area contributed by atoms with E-state index in [1.165, 1.54) is 4.90 Å². The topological polar surface area (TPSA) is 105 Å². The smallest absolute Gasteiger partial charge is 0.410 e. The fourth-order valence-corrected chi connectivity index (χ4v) is 4.85. The van der Waals surface area contributed by atoms with Crippen LogP contribution in [0.4, 0.5) is 4.79 Å². The number of hydrogen-bond acceptors (Lipinski definition) is 5. The predicted octanol–water partition coefficient (Wildman–Crippen LogP) is 4.25. The van der Waals surface area contributed by atoms with Crippen LogP contribution in [0.5, 0.6) is 0 Å². The lowest BCUT2D eigenvalue weighted by atomic mass is 9.92. The highest BCUT2D eigenvalue weighted by atomic mass is 16.6. The Morgan fingerprint density at radius 3 is 2.47 bits per heavy atom. The minimum absolute atomic E-state index is 0.0602. The molecule has 2 aliphatic rings. The molecule has 196 valence electrons. The van der Waals surface area contributed by atoms with E-state index in [1.807, 2.05) is 42.7 Å². The molecule has 2 aromatic rings. The molecular formula is C27H38N4O5. The zero-order chi connectivity index (χ0) is 26.2. The van der Waals surface area contributed by atoms with Crippen LogP contribution in [0.1, 0.15) is 64.5 Å². The van der Waals surface area contributed by atoms with Crippen LogP contribution in [0.25, 0.3) is 11.0 Å². The highest BCUT2D eigenvalue weighted by Crippen LogP contribution is 2.33. The number of carbonyl (C=O) groups excluding carboxylic acids is 2. The number of carboxylic acid groups (broad SMARTS) is 1. The first-order valence-corrected chi connectivity index (χ1v) is 12.9. The van der Waals surface area contributed by atoms with Gasteiger partial charge < -0.3 is 24.2 Å². The summed E-state index contributed by atoms with van der Waals surface area (Å²) in [4.78, 5) is 47.0. The normalized spacial score (nSPS) is 20.6. The molecule has 0 radical (unpaired) electrons. The number of likely N-dealkylation sites (tertiary alicyclic amines) is 1. The number of carboxylic acids is 1. The third-order valence-corrected chi connectivity index (χ3v) is 6.68. The fourth-order valence-electron chi connectivity index (χ4n) is 4.85. The molecule has 2 atom stereocenters. The maximum Gasteiger partial charge on any atom is 0.410 e. The lowest BCUT2D eigenvalue weighted by molar-refractivity contribution is -0.144. The minimum Gasteiger partial charge on any atom is -0.481 e. The van der Waals surface area contributed by atoms with Crippen molar-refractivity contribution in [3.63, 3.8) is 0 Å². The fraction of sp³-hybridized carbons (Fsp3) is 0.630. The van der Waals surface area contributed by atoms with Crippen molar-refractivity contribution in [2.24, 2.45) is 17.8 Å². The zero-order valence-corrected chi connectivity index (χ0v) is 21.9. The van der Waals surface area contributed by atoms with E-state index in [4.69, 9.17) is 9.72 Å². The number of ether oxygens (including phenoxy) is 1. The van der Waals surface area contributed by atoms with Crippen LogP contribution in [0.15, 0.2) is 24.3 Å². The second-order valence-electron chi connectivity index (χ2n) is 11.6. The van der Waals surface area contributed by atoms with E-state index in [0.717, 1.165) is 30.4 Å². The standard InChI is InChI=1S/C27H38N4O5/c1-17(2)13-30(20-12-19(25(33)34)15-29(16-20)26(35)36-27(3,4)5)24(32)23-28-21-8-6-7-9-22(21)31(23)14-18-10-11-18/h6-9,17-20H,10-16H2,1-5H3,(H,33,34). The Morgan fingerprint density at radius 2 is 1.86 bits per heavy atom. The summed E-state index contributed by atoms with van der Waals surface area (Å²) in [6.07, 6.45) is 2.00. The monoisotopic (exact) mass is 498 g/mol. The molecule has 36 heavy (non-hydrogen) atoms. The van der Waals surface area contributed by atoms with Gasteiger partial charge in [0.25, 0.3) is 5.91 Å². The molecule has 9 heteroatoms. The lowest BCUT2D eigenvalue weighted by Crippen LogP contribution is -2.57. The van der Waals surface area contributed by atoms with Crippen LogP contribution in [-0.2, 0) is 16.1 Å². The number of para-hydroxylation sites is 2. The molecule has 2 fully saturated rings. The number of piperidine rings is 1. The summed E-state index contributed by atoms with van der Waals surface area (Å²) >= 11 is 0. The summed E-state index contributed by atoms with van der Waals surface area (Å²) in [5.74, 6) is -0.919. The number of rotatable bonds is 7. The molecular weight excluding hydrogens is 460 g/mol. The first-order chi connectivity index (χ1) is 16.9. The van der Waals surface area contributed by atoms with Crippen LogP contribution in [0.3, 0.4) is 0 Å². The van der Waals surface area contributed by atoms with E-state index in [1.54, 1.807) is 25.7 Å². The van der Waals surface area contributed by atoms with Crippen molar-refractivity contribution in [3.05, 3.63) is 30.1 Å². The number of fused-ring (bicyclic) bond motifs is 1. The molecule has 1 aromatic carbocycles. The van der Waals surface area contributed by atoms with E-state index in [-0.39, 0.29) is 31.3 Å². The number of aliphatic carboxylic acids is 1. The molecule has 2 amide bonds. The SMILES string of the molecule is CC(C)CN(C(=O)c1nc2ccccc2n1CC1CC1)C1CC(C(=O)O)CN(C(=O)OC(C)(C)C)C1. The number of hydrogen-bond donors (Lipinski definition) is 1. The Bertz CT molecular complexity index is 1130. The molecule has 2 unspecified atom stereocenters. The van der Waals surface area contributed by atoms with Crippen molar-refractivity contribution in [1.82, 2.24) is 19.4 Å². The second kappa shape index (κ2) is 10.1. The van der Waals surface area contributed by atoms with E-state index in [0.29, 0.717) is 18.3 Å². The zero-order valence-electron chi connectivity index (χ0n) is 21.9. The van der Waals surface area contributed by atoms with Gasteiger partial charge >= 0.3 is 12.1 Å². The third-order valence-electron chi connectivity index (χ3n) is 6.68. The van der Waals surface area contributed by atoms with Gasteiger partial charge in [0.1, 0.15) is 5.60 Å². The van der Waals surface area contributed by atoms with Crippen LogP contribution in [0, 0.1) is 17.8 Å². The number of imidazole rings is 1. The number of amides is 2. The van der Waals surface area contributed by atoms with Gasteiger partial charge in [0.15, 0.2) is 5.82 Å². The van der Waals surface area contributed by atoms with Gasteiger partial charge in [-0.3, -0.25) is 9.59 Å². The minimum atomic E-state index is -0.980. The van der Waals surface area contributed by atoms with Crippen molar-refractivity contribution in [2.75, 3.05) is 19.6 Å². The molecule has 1 N–H and O–H groups in total. The highest BCUT2D eigenvalue weighted by molar-refractivity contribution is 5.95. The van der Waals surface area contributed by atoms with Crippen LogP contribution in [0.2, 0.25) is 0 Å². The van der Waals surface area contributed by atoms with E-state index < -0.39 is 29.6 Å². The number of carbonyl (C=O) groups is 3. The Morgan fingerprint density at radius 1 is 1.17 bits per heavy atom. The average molecular weight is 499 g/mol. The van der Waals surface area contributed by atoms with E-state index >= 15 is 0 Å². The van der Waals surface area contributed by atoms with Crippen molar-refractivity contribution in [3.8, 4) is 0 Å². The Labute approximate surface area is 212 Å². The first-order valence-electron chi connectivity index (χ1n) is 12.9. The van der Waals surface area contributed by atoms with Gasteiger partial charge in [-0.1, -0.05) is 26.0 Å². The summed E-state index contributed by atoms with van der Waals surface area (Å²) in [6, 6.07) is 7.29. The average Bonchev–Trinajstić information content (AvgIpc) is 3.55. The second-order valence-corrected chi connectivity index (χ2v) is 11.6. The molecule has 1 aromatic heterocycles. The van der Waals surface area contributed by atoms with Crippen molar-refractivity contribution in [1.29, 1.82) is 0 Å². The highest BCUT2D eigenvalue weighted by Gasteiger charge is 2.40.